The van der Waals surface area contributed by atoms with Gasteiger partial charge in [-0.2, -0.15) is 5.10 Å². The van der Waals surface area contributed by atoms with E-state index in [0.29, 0.717) is 34.1 Å². The summed E-state index contributed by atoms with van der Waals surface area (Å²) in [7, 11) is 4.96. The van der Waals surface area contributed by atoms with Gasteiger partial charge in [0.05, 0.1) is 26.0 Å². The highest BCUT2D eigenvalue weighted by Gasteiger charge is 2.11. The van der Waals surface area contributed by atoms with Crippen molar-refractivity contribution < 1.29 is 14.3 Å². The first-order chi connectivity index (χ1) is 16.9. The first-order valence-electron chi connectivity index (χ1n) is 10.8. The van der Waals surface area contributed by atoms with Crippen LogP contribution < -0.4 is 20.5 Å². The molecule has 8 heteroatoms. The van der Waals surface area contributed by atoms with Crippen LogP contribution in [0, 0.1) is 18.8 Å². The predicted octanol–water partition coefficient (Wildman–Crippen LogP) is 4.04. The average molecular weight is 468 g/mol. The van der Waals surface area contributed by atoms with E-state index in [1.807, 2.05) is 32.3 Å². The number of benzene rings is 2. The van der Waals surface area contributed by atoms with Crippen molar-refractivity contribution in [3.63, 3.8) is 0 Å². The summed E-state index contributed by atoms with van der Waals surface area (Å²) in [5, 5.41) is 7.08. The molecule has 1 amide bonds. The number of methoxy groups -OCH3 is 2. The van der Waals surface area contributed by atoms with Crippen molar-refractivity contribution in [1.82, 2.24) is 14.8 Å². The summed E-state index contributed by atoms with van der Waals surface area (Å²) in [5.74, 6) is 7.43. The summed E-state index contributed by atoms with van der Waals surface area (Å²) in [6.07, 6.45) is 5.35. The summed E-state index contributed by atoms with van der Waals surface area (Å²) >= 11 is 0. The number of carbonyl (C=O) groups is 1. The molecule has 2 aromatic heterocycles. The Labute approximate surface area is 203 Å². The maximum absolute atomic E-state index is 12.9. The van der Waals surface area contributed by atoms with Gasteiger partial charge in [0, 0.05) is 53.4 Å². The number of nitrogens with one attached hydrogen (secondary N) is 1. The van der Waals surface area contributed by atoms with Gasteiger partial charge in [0.1, 0.15) is 5.82 Å². The molecule has 0 saturated heterocycles. The molecule has 8 nitrogen and oxygen atoms in total. The van der Waals surface area contributed by atoms with Gasteiger partial charge in [-0.05, 0) is 42.8 Å². The number of hydrogen-bond donors (Lipinski definition) is 2. The highest BCUT2D eigenvalue weighted by molar-refractivity contribution is 6.04. The molecule has 3 N–H and O–H groups in total. The fourth-order valence-electron chi connectivity index (χ4n) is 3.45. The largest absolute Gasteiger partial charge is 0.493 e. The second-order valence-corrected chi connectivity index (χ2v) is 7.86. The van der Waals surface area contributed by atoms with E-state index >= 15 is 0 Å². The van der Waals surface area contributed by atoms with Gasteiger partial charge in [0.25, 0.3) is 5.91 Å². The van der Waals surface area contributed by atoms with Crippen LogP contribution in [0.1, 0.15) is 27.0 Å². The molecule has 35 heavy (non-hydrogen) atoms. The summed E-state index contributed by atoms with van der Waals surface area (Å²) in [5.41, 5.74) is 11.2. The minimum absolute atomic E-state index is 0.264. The molecule has 2 aromatic carbocycles. The Hall–Kier alpha value is -4.77. The first kappa shape index (κ1) is 23.4. The molecule has 0 bridgehead atoms. The molecule has 0 unspecified atom stereocenters. The lowest BCUT2D eigenvalue weighted by atomic mass is 10.0. The molecule has 2 heterocycles. The van der Waals surface area contributed by atoms with Crippen molar-refractivity contribution in [2.24, 2.45) is 7.05 Å². The number of nitrogens with two attached hydrogens (primary N) is 1. The smallest absolute Gasteiger partial charge is 0.255 e. The minimum atomic E-state index is -0.264. The zero-order valence-corrected chi connectivity index (χ0v) is 19.9. The van der Waals surface area contributed by atoms with Gasteiger partial charge in [-0.15, -0.1) is 0 Å². The number of amides is 1. The standard InChI is InChI=1S/C27H25N5O3/c1-17-5-6-20(27(33)31-23-9-10-24(34-3)25(13-23)35-4)11-18(17)7-8-19-12-21(14-29-26(19)28)22-15-30-32(2)16-22/h5-6,9-16H,1-4H3,(H2,28,29)(H,31,33). The number of nitrogen functional groups attached to an aromatic ring is 1. The van der Waals surface area contributed by atoms with E-state index < -0.39 is 0 Å². The van der Waals surface area contributed by atoms with E-state index in [2.05, 4.69) is 27.2 Å². The zero-order valence-electron chi connectivity index (χ0n) is 19.9. The number of pyridine rings is 1. The monoisotopic (exact) mass is 467 g/mol. The fourth-order valence-corrected chi connectivity index (χ4v) is 3.45. The number of aryl methyl sites for hydroxylation is 2. The van der Waals surface area contributed by atoms with Gasteiger partial charge in [0.2, 0.25) is 0 Å². The minimum Gasteiger partial charge on any atom is -0.493 e. The second kappa shape index (κ2) is 10.0. The van der Waals surface area contributed by atoms with Crippen LogP contribution in [0.5, 0.6) is 11.5 Å². The molecule has 0 radical (unpaired) electrons. The van der Waals surface area contributed by atoms with Crippen LogP contribution in [0.25, 0.3) is 11.1 Å². The van der Waals surface area contributed by atoms with Crippen LogP contribution in [0.4, 0.5) is 11.5 Å². The molecular weight excluding hydrogens is 442 g/mol. The lowest BCUT2D eigenvalue weighted by Gasteiger charge is -2.11. The molecule has 0 spiro atoms. The summed E-state index contributed by atoms with van der Waals surface area (Å²) in [6, 6.07) is 12.5. The van der Waals surface area contributed by atoms with Crippen molar-refractivity contribution in [2.75, 3.05) is 25.3 Å². The van der Waals surface area contributed by atoms with Crippen LogP contribution in [-0.4, -0.2) is 34.9 Å². The number of hydrogen-bond acceptors (Lipinski definition) is 6. The molecule has 0 aliphatic rings. The van der Waals surface area contributed by atoms with E-state index in [0.717, 1.165) is 22.3 Å². The van der Waals surface area contributed by atoms with E-state index in [4.69, 9.17) is 15.2 Å². The van der Waals surface area contributed by atoms with Crippen LogP contribution in [0.2, 0.25) is 0 Å². The number of ether oxygens (including phenoxy) is 2. The number of rotatable bonds is 5. The Kier molecular flexibility index (Phi) is 6.69. The lowest BCUT2D eigenvalue weighted by Crippen LogP contribution is -2.12. The second-order valence-electron chi connectivity index (χ2n) is 7.86. The molecule has 4 rings (SSSR count). The highest BCUT2D eigenvalue weighted by atomic mass is 16.5. The Morgan fingerprint density at radius 1 is 0.971 bits per heavy atom. The van der Waals surface area contributed by atoms with Gasteiger partial charge in [-0.3, -0.25) is 9.48 Å². The number of aromatic nitrogens is 3. The molecule has 4 aromatic rings. The Morgan fingerprint density at radius 3 is 2.46 bits per heavy atom. The maximum atomic E-state index is 12.9. The Morgan fingerprint density at radius 2 is 1.74 bits per heavy atom. The predicted molar refractivity (Wildman–Crippen MR) is 136 cm³/mol. The SMILES string of the molecule is COc1ccc(NC(=O)c2ccc(C)c(C#Cc3cc(-c4cnn(C)c4)cnc3N)c2)cc1OC. The van der Waals surface area contributed by atoms with Crippen LogP contribution in [-0.2, 0) is 7.05 Å². The van der Waals surface area contributed by atoms with E-state index in [-0.39, 0.29) is 5.91 Å². The van der Waals surface area contributed by atoms with Crippen LogP contribution in [0.15, 0.2) is 61.1 Å². The fraction of sp³-hybridized carbons (Fsp3) is 0.148. The van der Waals surface area contributed by atoms with Crippen LogP contribution in [0.3, 0.4) is 0 Å². The third-order valence-electron chi connectivity index (χ3n) is 5.43. The van der Waals surface area contributed by atoms with Gasteiger partial charge >= 0.3 is 0 Å². The van der Waals surface area contributed by atoms with Crippen molar-refractivity contribution >= 4 is 17.4 Å². The highest BCUT2D eigenvalue weighted by Crippen LogP contribution is 2.30. The van der Waals surface area contributed by atoms with E-state index in [9.17, 15) is 4.79 Å². The van der Waals surface area contributed by atoms with Crippen molar-refractivity contribution in [2.45, 2.75) is 6.92 Å². The van der Waals surface area contributed by atoms with E-state index in [1.165, 1.54) is 0 Å². The Balaban J connectivity index is 1.59. The van der Waals surface area contributed by atoms with Crippen molar-refractivity contribution in [1.29, 1.82) is 0 Å². The third kappa shape index (κ3) is 5.25. The average Bonchev–Trinajstić information content (AvgIpc) is 3.30. The quantitative estimate of drug-likeness (QED) is 0.429. The first-order valence-corrected chi connectivity index (χ1v) is 10.8. The molecule has 0 aliphatic heterocycles. The topological polar surface area (TPSA) is 104 Å². The van der Waals surface area contributed by atoms with Crippen LogP contribution >= 0.6 is 0 Å². The van der Waals surface area contributed by atoms with Crippen molar-refractivity contribution in [3.8, 4) is 34.5 Å². The lowest BCUT2D eigenvalue weighted by molar-refractivity contribution is 0.102. The zero-order chi connectivity index (χ0) is 24.9. The summed E-state index contributed by atoms with van der Waals surface area (Å²) in [4.78, 5) is 17.2. The number of nitrogens with zero attached hydrogens (tertiary/aromatic N) is 3. The van der Waals surface area contributed by atoms with E-state index in [1.54, 1.807) is 61.6 Å². The van der Waals surface area contributed by atoms with Gasteiger partial charge in [-0.25, -0.2) is 4.98 Å². The molecular formula is C27H25N5O3. The Bertz CT molecular complexity index is 1460. The molecule has 176 valence electrons. The molecule has 0 atom stereocenters. The van der Waals surface area contributed by atoms with Gasteiger partial charge in [-0.1, -0.05) is 17.9 Å². The third-order valence-corrected chi connectivity index (χ3v) is 5.43. The molecule has 0 aliphatic carbocycles. The summed E-state index contributed by atoms with van der Waals surface area (Å²) in [6.45, 7) is 1.94. The van der Waals surface area contributed by atoms with Gasteiger partial charge < -0.3 is 20.5 Å². The van der Waals surface area contributed by atoms with Gasteiger partial charge in [0.15, 0.2) is 11.5 Å². The summed E-state index contributed by atoms with van der Waals surface area (Å²) < 4.78 is 12.3. The normalized spacial score (nSPS) is 10.3. The van der Waals surface area contributed by atoms with Crippen molar-refractivity contribution in [3.05, 3.63) is 83.3 Å². The number of carbonyl (C=O) groups excluding carboxylic acids is 1. The molecule has 0 fully saturated rings. The number of anilines is 2. The maximum Gasteiger partial charge on any atom is 0.255 e. The molecule has 0 saturated carbocycles.